The molecule has 0 aliphatic heterocycles. The summed E-state index contributed by atoms with van der Waals surface area (Å²) in [6.07, 6.45) is 0. The monoisotopic (exact) mass is 881 g/mol. The van der Waals surface area contributed by atoms with Crippen molar-refractivity contribution in [1.82, 2.24) is 15.0 Å². The molecule has 12 aromatic rings. The summed E-state index contributed by atoms with van der Waals surface area (Å²) in [5.41, 5.74) is 18.0. The van der Waals surface area contributed by atoms with Crippen molar-refractivity contribution in [3.8, 4) is 67.5 Å². The molecule has 0 fully saturated rings. The first-order valence-electron chi connectivity index (χ1n) is 23.8. The molecule has 2 aliphatic rings. The molecule has 4 nitrogen and oxygen atoms in total. The van der Waals surface area contributed by atoms with Gasteiger partial charge in [0.2, 0.25) is 0 Å². The van der Waals surface area contributed by atoms with Crippen LogP contribution in [-0.4, -0.2) is 15.0 Å². The molecule has 0 atom stereocenters. The highest BCUT2D eigenvalue weighted by molar-refractivity contribution is 6.08. The maximum Gasteiger partial charge on any atom is 0.164 e. The topological polar surface area (TPSA) is 51.8 Å². The Morgan fingerprint density at radius 2 is 0.899 bits per heavy atom. The molecule has 0 N–H and O–H groups in total. The molecule has 2 heterocycles. The van der Waals surface area contributed by atoms with Gasteiger partial charge in [0, 0.05) is 32.9 Å². The van der Waals surface area contributed by atoms with Crippen molar-refractivity contribution in [2.75, 3.05) is 0 Å². The number of hydrogen-bond acceptors (Lipinski definition) is 4. The van der Waals surface area contributed by atoms with E-state index in [2.05, 4.69) is 232 Å². The van der Waals surface area contributed by atoms with Gasteiger partial charge >= 0.3 is 0 Å². The molecule has 2 aromatic heterocycles. The van der Waals surface area contributed by atoms with Gasteiger partial charge in [-0.1, -0.05) is 214 Å². The number of fused-ring (bicyclic) bond motifs is 11. The van der Waals surface area contributed by atoms with E-state index in [0.717, 1.165) is 49.8 Å². The highest BCUT2D eigenvalue weighted by atomic mass is 16.3. The second kappa shape index (κ2) is 14.9. The highest BCUT2D eigenvalue weighted by Gasteiger charge is 2.47. The van der Waals surface area contributed by atoms with Crippen LogP contribution in [0, 0.1) is 0 Å². The lowest BCUT2D eigenvalue weighted by Gasteiger charge is -2.35. The van der Waals surface area contributed by atoms with Gasteiger partial charge in [0.15, 0.2) is 17.5 Å². The number of nitrogens with zero attached hydrogens (tertiary/aromatic N) is 3. The van der Waals surface area contributed by atoms with Gasteiger partial charge in [-0.15, -0.1) is 0 Å². The second-order valence-electron chi connectivity index (χ2n) is 19.0. The fraction of sp³-hybridized carbons (Fsp3) is 0.0615. The quantitative estimate of drug-likeness (QED) is 0.167. The predicted molar refractivity (Wildman–Crippen MR) is 281 cm³/mol. The summed E-state index contributed by atoms with van der Waals surface area (Å²) in [7, 11) is 0. The van der Waals surface area contributed by atoms with Crippen molar-refractivity contribution < 1.29 is 4.42 Å². The Bertz CT molecular complexity index is 4010. The summed E-state index contributed by atoms with van der Waals surface area (Å²) in [6.45, 7) is 4.67. The van der Waals surface area contributed by atoms with Gasteiger partial charge in [0.25, 0.3) is 0 Å². The Hall–Kier alpha value is -8.73. The zero-order valence-corrected chi connectivity index (χ0v) is 38.1. The van der Waals surface area contributed by atoms with E-state index < -0.39 is 5.41 Å². The van der Waals surface area contributed by atoms with Gasteiger partial charge in [-0.05, 0) is 102 Å². The second-order valence-corrected chi connectivity index (χ2v) is 19.0. The Kier molecular flexibility index (Phi) is 8.51. The van der Waals surface area contributed by atoms with Crippen LogP contribution < -0.4 is 0 Å². The SMILES string of the molecule is CC1(C)c2cccc(-c3nc(-c4ccc5c(c4)oc4ccc(-c6ccccc6)cc45)nc(-c4ccccc4C4(c5ccccc5)c5ccccc5-c5ccccc54)n3)c2-c2c1ccc1ccccc21. The third kappa shape index (κ3) is 5.73. The molecular weight excluding hydrogens is 839 g/mol. The number of aromatic nitrogens is 3. The molecule has 2 aliphatic carbocycles. The Morgan fingerprint density at radius 1 is 0.333 bits per heavy atom. The number of hydrogen-bond donors (Lipinski definition) is 0. The normalized spacial score (nSPS) is 13.9. The minimum atomic E-state index is -0.667. The summed E-state index contributed by atoms with van der Waals surface area (Å²) >= 11 is 0. The van der Waals surface area contributed by atoms with E-state index >= 15 is 0 Å². The Balaban J connectivity index is 1.04. The molecule has 0 unspecified atom stereocenters. The van der Waals surface area contributed by atoms with Gasteiger partial charge in [-0.3, -0.25) is 0 Å². The van der Waals surface area contributed by atoms with Crippen molar-refractivity contribution in [2.45, 2.75) is 24.7 Å². The van der Waals surface area contributed by atoms with Crippen LogP contribution in [0.4, 0.5) is 0 Å². The van der Waals surface area contributed by atoms with Crippen LogP contribution in [0.3, 0.4) is 0 Å². The number of furan rings is 1. The smallest absolute Gasteiger partial charge is 0.164 e. The largest absolute Gasteiger partial charge is 0.456 e. The first-order chi connectivity index (χ1) is 34.0. The van der Waals surface area contributed by atoms with Crippen molar-refractivity contribution in [3.63, 3.8) is 0 Å². The number of benzene rings is 10. The average Bonchev–Trinajstić information content (AvgIpc) is 4.02. The number of rotatable bonds is 6. The van der Waals surface area contributed by atoms with Gasteiger partial charge in [-0.25, -0.2) is 15.0 Å². The highest BCUT2D eigenvalue weighted by Crippen LogP contribution is 2.58. The molecule has 0 saturated heterocycles. The predicted octanol–water partition coefficient (Wildman–Crippen LogP) is 16.3. The molecule has 69 heavy (non-hydrogen) atoms. The Morgan fingerprint density at radius 3 is 1.65 bits per heavy atom. The summed E-state index contributed by atoms with van der Waals surface area (Å²) < 4.78 is 6.64. The molecule has 0 radical (unpaired) electrons. The lowest BCUT2D eigenvalue weighted by molar-refractivity contribution is 0.661. The zero-order valence-electron chi connectivity index (χ0n) is 38.1. The standard InChI is InChI=1S/C65H43N3O/c1-64(2)55-31-17-27-50(60(55)59-45-23-10-9-20-41(45)33-36-56(59)64)63-67-61(43-32-35-48-51-38-42(40-18-5-3-6-19-40)34-37-57(51)69-58(48)39-43)66-62(68-63)49-26-13-16-30-54(49)65(44-21-7-4-8-22-44)52-28-14-11-24-46(52)47-25-12-15-29-53(47)65/h3-39H,1-2H3. The van der Waals surface area contributed by atoms with E-state index in [0.29, 0.717) is 17.5 Å². The van der Waals surface area contributed by atoms with E-state index in [4.69, 9.17) is 19.4 Å². The van der Waals surface area contributed by atoms with E-state index in [1.165, 1.54) is 66.4 Å². The van der Waals surface area contributed by atoms with E-state index in [9.17, 15) is 0 Å². The molecule has 0 spiro atoms. The van der Waals surface area contributed by atoms with Crippen LogP contribution in [0.2, 0.25) is 0 Å². The third-order valence-corrected chi connectivity index (χ3v) is 15.0. The van der Waals surface area contributed by atoms with Crippen LogP contribution in [0.5, 0.6) is 0 Å². The van der Waals surface area contributed by atoms with Crippen molar-refractivity contribution in [1.29, 1.82) is 0 Å². The Labute approximate surface area is 400 Å². The molecule has 324 valence electrons. The van der Waals surface area contributed by atoms with Gasteiger partial charge in [-0.2, -0.15) is 0 Å². The van der Waals surface area contributed by atoms with Crippen LogP contribution in [0.1, 0.15) is 47.2 Å². The third-order valence-electron chi connectivity index (χ3n) is 15.0. The van der Waals surface area contributed by atoms with Gasteiger partial charge < -0.3 is 4.42 Å². The van der Waals surface area contributed by atoms with Crippen LogP contribution in [0.25, 0.3) is 100 Å². The van der Waals surface area contributed by atoms with E-state index in [1.54, 1.807) is 0 Å². The molecule has 14 rings (SSSR count). The van der Waals surface area contributed by atoms with E-state index in [-0.39, 0.29) is 5.41 Å². The van der Waals surface area contributed by atoms with Crippen molar-refractivity contribution in [3.05, 3.63) is 258 Å². The molecule has 10 aromatic carbocycles. The fourth-order valence-corrected chi connectivity index (χ4v) is 11.9. The molecule has 0 amide bonds. The van der Waals surface area contributed by atoms with E-state index in [1.807, 2.05) is 6.07 Å². The van der Waals surface area contributed by atoms with Crippen LogP contribution in [0.15, 0.2) is 229 Å². The maximum atomic E-state index is 6.64. The summed E-state index contributed by atoms with van der Waals surface area (Å²) in [6, 6.07) is 80.7. The lowest BCUT2D eigenvalue weighted by Crippen LogP contribution is -2.29. The maximum absolute atomic E-state index is 6.64. The summed E-state index contributed by atoms with van der Waals surface area (Å²) in [5.74, 6) is 1.80. The fourth-order valence-electron chi connectivity index (χ4n) is 11.9. The van der Waals surface area contributed by atoms with Crippen LogP contribution in [-0.2, 0) is 10.8 Å². The minimum absolute atomic E-state index is 0.242. The average molecular weight is 882 g/mol. The van der Waals surface area contributed by atoms with Crippen molar-refractivity contribution >= 4 is 32.7 Å². The zero-order chi connectivity index (χ0) is 45.8. The first kappa shape index (κ1) is 39.4. The van der Waals surface area contributed by atoms with Crippen molar-refractivity contribution in [2.24, 2.45) is 0 Å². The van der Waals surface area contributed by atoms with Crippen LogP contribution >= 0.6 is 0 Å². The van der Waals surface area contributed by atoms with Gasteiger partial charge in [0.05, 0.1) is 5.41 Å². The lowest BCUT2D eigenvalue weighted by atomic mass is 9.66. The minimum Gasteiger partial charge on any atom is -0.456 e. The summed E-state index contributed by atoms with van der Waals surface area (Å²) in [5, 5.41) is 4.55. The molecule has 0 saturated carbocycles. The molecular formula is C65H43N3O. The molecule has 4 heteroatoms. The summed E-state index contributed by atoms with van der Waals surface area (Å²) in [4.78, 5) is 16.7. The molecule has 0 bridgehead atoms. The van der Waals surface area contributed by atoms with Gasteiger partial charge in [0.1, 0.15) is 11.2 Å². The first-order valence-corrected chi connectivity index (χ1v) is 23.8.